The normalized spacial score (nSPS) is 18.5. The summed E-state index contributed by atoms with van der Waals surface area (Å²) in [6, 6.07) is 16.6. The van der Waals surface area contributed by atoms with Crippen molar-refractivity contribution in [2.45, 2.75) is 24.8 Å². The van der Waals surface area contributed by atoms with Crippen LogP contribution in [0.3, 0.4) is 0 Å². The summed E-state index contributed by atoms with van der Waals surface area (Å²) < 4.78 is 5.06. The van der Waals surface area contributed by atoms with Gasteiger partial charge >= 0.3 is 5.76 Å². The lowest BCUT2D eigenvalue weighted by Crippen LogP contribution is -2.47. The van der Waals surface area contributed by atoms with Gasteiger partial charge in [-0.2, -0.15) is 5.48 Å². The number of benzene rings is 3. The van der Waals surface area contributed by atoms with Gasteiger partial charge in [-0.3, -0.25) is 14.6 Å². The van der Waals surface area contributed by atoms with Crippen LogP contribution in [0.2, 0.25) is 10.0 Å². The summed E-state index contributed by atoms with van der Waals surface area (Å²) in [5, 5.41) is 14.9. The zero-order valence-corrected chi connectivity index (χ0v) is 19.1. The minimum absolute atomic E-state index is 0.0922. The molecule has 0 radical (unpaired) electrons. The van der Waals surface area contributed by atoms with Crippen LogP contribution in [0, 0.1) is 0 Å². The van der Waals surface area contributed by atoms with Crippen LogP contribution < -0.4 is 16.6 Å². The molecule has 2 heterocycles. The maximum atomic E-state index is 12.8. The summed E-state index contributed by atoms with van der Waals surface area (Å²) in [4.78, 5) is 32.3. The molecule has 0 spiro atoms. The number of aliphatic hydroxyl groups is 1. The Balaban J connectivity index is 1.39. The first kappa shape index (κ1) is 22.6. The monoisotopic (exact) mass is 499 g/mol. The number of amides is 1. The number of halogens is 2. The van der Waals surface area contributed by atoms with Crippen LogP contribution >= 0.6 is 23.2 Å². The molecule has 1 aliphatic rings. The van der Waals surface area contributed by atoms with Crippen LogP contribution in [-0.4, -0.2) is 22.2 Å². The van der Waals surface area contributed by atoms with E-state index in [2.05, 4.69) is 15.8 Å². The smallest absolute Gasteiger partial charge is 0.408 e. The zero-order valence-electron chi connectivity index (χ0n) is 17.5. The summed E-state index contributed by atoms with van der Waals surface area (Å²) in [5.41, 5.74) is 6.13. The molecule has 0 saturated heterocycles. The van der Waals surface area contributed by atoms with Crippen molar-refractivity contribution in [3.05, 3.63) is 104 Å². The second kappa shape index (κ2) is 9.25. The molecule has 1 amide bonds. The molecule has 10 heteroatoms. The fourth-order valence-electron chi connectivity index (χ4n) is 4.22. The van der Waals surface area contributed by atoms with E-state index in [1.807, 2.05) is 0 Å². The molecule has 0 aliphatic carbocycles. The van der Waals surface area contributed by atoms with E-state index in [1.54, 1.807) is 60.7 Å². The third-order valence-electron chi connectivity index (χ3n) is 5.78. The number of hydroxylamine groups is 1. The molecule has 8 nitrogen and oxygen atoms in total. The predicted molar refractivity (Wildman–Crippen MR) is 127 cm³/mol. The summed E-state index contributed by atoms with van der Waals surface area (Å²) in [7, 11) is 0. The number of fused-ring (bicyclic) bond motifs is 2. The Morgan fingerprint density at radius 3 is 2.71 bits per heavy atom. The number of rotatable bonds is 6. The quantitative estimate of drug-likeness (QED) is 0.235. The molecule has 4 N–H and O–H groups in total. The minimum Gasteiger partial charge on any atom is -0.408 e. The van der Waals surface area contributed by atoms with Crippen molar-refractivity contribution in [1.29, 1.82) is 0 Å². The fraction of sp³-hybridized carbons (Fsp3) is 0.167. The molecule has 0 fully saturated rings. The van der Waals surface area contributed by atoms with Crippen molar-refractivity contribution in [2.24, 2.45) is 0 Å². The van der Waals surface area contributed by atoms with Gasteiger partial charge in [-0.05, 0) is 47.0 Å². The average Bonchev–Trinajstić information content (AvgIpc) is 3.18. The number of hydrogen-bond donors (Lipinski definition) is 4. The minimum atomic E-state index is -1.20. The topological polar surface area (TPSA) is 117 Å². The maximum absolute atomic E-state index is 12.8. The van der Waals surface area contributed by atoms with Crippen LogP contribution in [0.25, 0.3) is 11.1 Å². The van der Waals surface area contributed by atoms with E-state index in [9.17, 15) is 14.7 Å². The Kier molecular flexibility index (Phi) is 6.16. The Morgan fingerprint density at radius 2 is 1.88 bits per heavy atom. The first-order valence-corrected chi connectivity index (χ1v) is 11.2. The Labute approximate surface area is 203 Å². The molecule has 4 aromatic rings. The molecule has 0 bridgehead atoms. The van der Waals surface area contributed by atoms with E-state index in [0.29, 0.717) is 37.8 Å². The van der Waals surface area contributed by atoms with Gasteiger partial charge in [0.15, 0.2) is 5.58 Å². The number of carbonyl (C=O) groups is 1. The van der Waals surface area contributed by atoms with E-state index in [4.69, 9.17) is 32.5 Å². The highest BCUT2D eigenvalue weighted by atomic mass is 35.5. The molecular formula is C24H19Cl2N3O5. The Hall–Kier alpha value is -3.14. The van der Waals surface area contributed by atoms with Crippen molar-refractivity contribution in [3.63, 3.8) is 0 Å². The lowest BCUT2D eigenvalue weighted by atomic mass is 9.80. The van der Waals surface area contributed by atoms with Gasteiger partial charge < -0.3 is 14.8 Å². The summed E-state index contributed by atoms with van der Waals surface area (Å²) in [6.45, 7) is 0.0922. The average molecular weight is 500 g/mol. The number of H-pyrrole nitrogens is 1. The first-order chi connectivity index (χ1) is 16.4. The number of nitrogens with one attached hydrogen (secondary N) is 3. The predicted octanol–water partition coefficient (Wildman–Crippen LogP) is 4.04. The molecule has 0 saturated carbocycles. The highest BCUT2D eigenvalue weighted by Crippen LogP contribution is 2.41. The maximum Gasteiger partial charge on any atom is 0.417 e. The molecule has 3 aromatic carbocycles. The van der Waals surface area contributed by atoms with Crippen LogP contribution in [0.1, 0.15) is 39.0 Å². The molecule has 1 unspecified atom stereocenters. The largest absolute Gasteiger partial charge is 0.417 e. The van der Waals surface area contributed by atoms with E-state index < -0.39 is 23.9 Å². The molecule has 5 rings (SSSR count). The van der Waals surface area contributed by atoms with Gasteiger partial charge in [0.05, 0.1) is 24.1 Å². The van der Waals surface area contributed by atoms with Crippen LogP contribution in [0.5, 0.6) is 0 Å². The Morgan fingerprint density at radius 1 is 1.06 bits per heavy atom. The first-order valence-electron chi connectivity index (χ1n) is 10.4. The van der Waals surface area contributed by atoms with Crippen molar-refractivity contribution < 1.29 is 19.2 Å². The van der Waals surface area contributed by atoms with Gasteiger partial charge in [-0.15, -0.1) is 0 Å². The number of carbonyl (C=O) groups excluding carboxylic acids is 1. The van der Waals surface area contributed by atoms with Gasteiger partial charge in [0.1, 0.15) is 6.23 Å². The second-order valence-corrected chi connectivity index (χ2v) is 8.77. The van der Waals surface area contributed by atoms with Gasteiger partial charge in [-0.1, -0.05) is 53.5 Å². The molecule has 3 atom stereocenters. The van der Waals surface area contributed by atoms with Crippen LogP contribution in [0.4, 0.5) is 0 Å². The lowest BCUT2D eigenvalue weighted by Gasteiger charge is -2.37. The molecule has 34 heavy (non-hydrogen) atoms. The Bertz CT molecular complexity index is 1430. The van der Waals surface area contributed by atoms with Crippen LogP contribution in [-0.2, 0) is 11.4 Å². The SMILES string of the molecule is O=C1N[C@@H](c2ccc(Cl)cc2Cl)[C@H](C(O)NOCc2ccc3[nH]c(=O)oc3c2)c2ccccc21. The van der Waals surface area contributed by atoms with E-state index >= 15 is 0 Å². The van der Waals surface area contributed by atoms with Gasteiger partial charge in [0.2, 0.25) is 0 Å². The standard InChI is InChI=1S/C24H19Cl2N3O5/c25-13-6-7-16(17(26)10-13)21-20(14-3-1-2-4-15(14)22(30)28-21)23(31)29-33-11-12-5-8-18-19(9-12)34-24(32)27-18/h1-10,20-21,23,29,31H,11H2,(H,27,32)(H,28,30)/t20-,21+,23?/m1/s1. The number of oxazole rings is 1. The number of aliphatic hydroxyl groups excluding tert-OH is 1. The zero-order chi connectivity index (χ0) is 23.8. The van der Waals surface area contributed by atoms with E-state index in [-0.39, 0.29) is 12.5 Å². The van der Waals surface area contributed by atoms with Gasteiger partial charge in [0.25, 0.3) is 5.91 Å². The second-order valence-electron chi connectivity index (χ2n) is 7.93. The highest BCUT2D eigenvalue weighted by Gasteiger charge is 2.39. The summed E-state index contributed by atoms with van der Waals surface area (Å²) in [5.74, 6) is -1.42. The molecule has 174 valence electrons. The van der Waals surface area contributed by atoms with Crippen molar-refractivity contribution in [3.8, 4) is 0 Å². The number of aromatic nitrogens is 1. The van der Waals surface area contributed by atoms with Crippen molar-refractivity contribution in [2.75, 3.05) is 0 Å². The lowest BCUT2D eigenvalue weighted by molar-refractivity contribution is -0.0805. The van der Waals surface area contributed by atoms with Gasteiger partial charge in [-0.25, -0.2) is 4.79 Å². The van der Waals surface area contributed by atoms with Crippen molar-refractivity contribution >= 4 is 40.2 Å². The van der Waals surface area contributed by atoms with Crippen LogP contribution in [0.15, 0.2) is 69.9 Å². The third-order valence-corrected chi connectivity index (χ3v) is 6.34. The molecule has 1 aliphatic heterocycles. The highest BCUT2D eigenvalue weighted by molar-refractivity contribution is 6.35. The molecular weight excluding hydrogens is 481 g/mol. The summed E-state index contributed by atoms with van der Waals surface area (Å²) >= 11 is 12.5. The fourth-order valence-corrected chi connectivity index (χ4v) is 4.75. The number of aromatic amines is 1. The van der Waals surface area contributed by atoms with E-state index in [0.717, 1.165) is 5.56 Å². The third kappa shape index (κ3) is 4.34. The van der Waals surface area contributed by atoms with Crippen molar-refractivity contribution in [1.82, 2.24) is 15.8 Å². The van der Waals surface area contributed by atoms with Gasteiger partial charge in [0, 0.05) is 15.6 Å². The summed E-state index contributed by atoms with van der Waals surface area (Å²) in [6.07, 6.45) is -1.20. The molecule has 1 aromatic heterocycles. The van der Waals surface area contributed by atoms with E-state index in [1.165, 1.54) is 0 Å². The number of hydrogen-bond acceptors (Lipinski definition) is 6.